The number of halogens is 1. The van der Waals surface area contributed by atoms with Gasteiger partial charge in [0.2, 0.25) is 0 Å². The van der Waals surface area contributed by atoms with Crippen molar-refractivity contribution >= 4 is 28.7 Å². The SMILES string of the molecule is COc1ccc(OC)c(NC(=S)Nc2c(C)nn(Cc3cccc(F)c3)c2C)c1. The van der Waals surface area contributed by atoms with Crippen molar-refractivity contribution < 1.29 is 13.9 Å². The van der Waals surface area contributed by atoms with Gasteiger partial charge in [-0.3, -0.25) is 4.68 Å². The van der Waals surface area contributed by atoms with Crippen molar-refractivity contribution in [1.82, 2.24) is 9.78 Å². The summed E-state index contributed by atoms with van der Waals surface area (Å²) in [4.78, 5) is 0. The van der Waals surface area contributed by atoms with Crippen LogP contribution in [-0.2, 0) is 6.54 Å². The van der Waals surface area contributed by atoms with E-state index < -0.39 is 0 Å². The van der Waals surface area contributed by atoms with Gasteiger partial charge in [-0.2, -0.15) is 5.10 Å². The lowest BCUT2D eigenvalue weighted by molar-refractivity contribution is 0.405. The predicted molar refractivity (Wildman–Crippen MR) is 117 cm³/mol. The highest BCUT2D eigenvalue weighted by atomic mass is 32.1. The number of nitrogens with one attached hydrogen (secondary N) is 2. The van der Waals surface area contributed by atoms with Crippen molar-refractivity contribution in [2.24, 2.45) is 0 Å². The summed E-state index contributed by atoms with van der Waals surface area (Å²) in [5, 5.41) is 11.3. The van der Waals surface area contributed by atoms with Gasteiger partial charge in [0.15, 0.2) is 5.11 Å². The minimum Gasteiger partial charge on any atom is -0.497 e. The summed E-state index contributed by atoms with van der Waals surface area (Å²) in [6, 6.07) is 11.9. The van der Waals surface area contributed by atoms with E-state index >= 15 is 0 Å². The van der Waals surface area contributed by atoms with E-state index in [0.717, 1.165) is 22.6 Å². The first-order chi connectivity index (χ1) is 13.9. The fourth-order valence-electron chi connectivity index (χ4n) is 3.02. The summed E-state index contributed by atoms with van der Waals surface area (Å²) in [6.45, 7) is 4.30. The van der Waals surface area contributed by atoms with Gasteiger partial charge in [0.05, 0.1) is 43.5 Å². The van der Waals surface area contributed by atoms with Crippen LogP contribution in [0.4, 0.5) is 15.8 Å². The van der Waals surface area contributed by atoms with Crippen LogP contribution in [0.15, 0.2) is 42.5 Å². The van der Waals surface area contributed by atoms with Crippen LogP contribution in [0.25, 0.3) is 0 Å². The Labute approximate surface area is 174 Å². The molecule has 2 aromatic carbocycles. The topological polar surface area (TPSA) is 60.3 Å². The molecule has 6 nitrogen and oxygen atoms in total. The number of methoxy groups -OCH3 is 2. The Hall–Kier alpha value is -3.13. The maximum Gasteiger partial charge on any atom is 0.175 e. The molecule has 29 heavy (non-hydrogen) atoms. The monoisotopic (exact) mass is 414 g/mol. The molecule has 0 fully saturated rings. The Morgan fingerprint density at radius 2 is 1.90 bits per heavy atom. The van der Waals surface area contributed by atoms with Crippen molar-refractivity contribution in [1.29, 1.82) is 0 Å². The summed E-state index contributed by atoms with van der Waals surface area (Å²) in [5.41, 5.74) is 4.02. The number of benzene rings is 2. The molecule has 8 heteroatoms. The molecule has 0 saturated heterocycles. The average molecular weight is 415 g/mol. The van der Waals surface area contributed by atoms with Gasteiger partial charge in [0.25, 0.3) is 0 Å². The number of hydrogen-bond acceptors (Lipinski definition) is 4. The molecule has 1 heterocycles. The fourth-order valence-corrected chi connectivity index (χ4v) is 3.23. The highest BCUT2D eigenvalue weighted by Crippen LogP contribution is 2.29. The number of nitrogens with zero attached hydrogens (tertiary/aromatic N) is 2. The maximum absolute atomic E-state index is 13.5. The van der Waals surface area contributed by atoms with Crippen molar-refractivity contribution in [2.75, 3.05) is 24.9 Å². The van der Waals surface area contributed by atoms with Gasteiger partial charge in [0, 0.05) is 6.07 Å². The minimum atomic E-state index is -0.264. The molecule has 0 bridgehead atoms. The van der Waals surface area contributed by atoms with E-state index in [0.29, 0.717) is 28.8 Å². The van der Waals surface area contributed by atoms with E-state index in [4.69, 9.17) is 21.7 Å². The lowest BCUT2D eigenvalue weighted by atomic mass is 10.2. The molecule has 3 aromatic rings. The third kappa shape index (κ3) is 4.83. The molecular weight excluding hydrogens is 391 g/mol. The molecule has 0 radical (unpaired) electrons. The van der Waals surface area contributed by atoms with Gasteiger partial charge in [-0.25, -0.2) is 4.39 Å². The summed E-state index contributed by atoms with van der Waals surface area (Å²) in [7, 11) is 3.19. The second kappa shape index (κ2) is 8.91. The van der Waals surface area contributed by atoms with E-state index in [1.807, 2.05) is 30.7 Å². The lowest BCUT2D eigenvalue weighted by Gasteiger charge is -2.15. The first-order valence-corrected chi connectivity index (χ1v) is 9.40. The summed E-state index contributed by atoms with van der Waals surface area (Å²) in [6.07, 6.45) is 0. The zero-order valence-electron chi connectivity index (χ0n) is 16.7. The standard InChI is InChI=1S/C21H23FN4O2S/c1-13-20(14(2)26(25-13)12-15-6-5-7-16(22)10-15)24-21(29)23-18-11-17(27-3)8-9-19(18)28-4/h5-11H,12H2,1-4H3,(H2,23,24,29). The number of rotatable bonds is 6. The predicted octanol–water partition coefficient (Wildman–Crippen LogP) is 4.51. The van der Waals surface area contributed by atoms with E-state index in [-0.39, 0.29) is 5.82 Å². The molecule has 152 valence electrons. The normalized spacial score (nSPS) is 10.5. The molecular formula is C21H23FN4O2S. The fraction of sp³-hybridized carbons (Fsp3) is 0.238. The lowest BCUT2D eigenvalue weighted by Crippen LogP contribution is -2.20. The molecule has 0 spiro atoms. The Balaban J connectivity index is 1.77. The minimum absolute atomic E-state index is 0.264. The molecule has 0 atom stereocenters. The van der Waals surface area contributed by atoms with Crippen LogP contribution in [0.2, 0.25) is 0 Å². The molecule has 0 aliphatic heterocycles. The van der Waals surface area contributed by atoms with Crippen molar-refractivity contribution in [3.05, 3.63) is 65.2 Å². The first-order valence-electron chi connectivity index (χ1n) is 8.99. The van der Waals surface area contributed by atoms with Crippen molar-refractivity contribution in [2.45, 2.75) is 20.4 Å². The van der Waals surface area contributed by atoms with Crippen LogP contribution in [0, 0.1) is 19.7 Å². The van der Waals surface area contributed by atoms with Crippen molar-refractivity contribution in [3.8, 4) is 11.5 Å². The maximum atomic E-state index is 13.5. The highest BCUT2D eigenvalue weighted by molar-refractivity contribution is 7.80. The van der Waals surface area contributed by atoms with Crippen LogP contribution in [0.1, 0.15) is 17.0 Å². The number of aryl methyl sites for hydroxylation is 1. The summed E-state index contributed by atoms with van der Waals surface area (Å²) >= 11 is 5.48. The van der Waals surface area contributed by atoms with Gasteiger partial charge < -0.3 is 20.1 Å². The third-order valence-corrected chi connectivity index (χ3v) is 4.70. The van der Waals surface area contributed by atoms with Gasteiger partial charge in [0.1, 0.15) is 17.3 Å². The number of anilines is 2. The molecule has 0 saturated carbocycles. The Morgan fingerprint density at radius 1 is 1.10 bits per heavy atom. The summed E-state index contributed by atoms with van der Waals surface area (Å²) < 4.78 is 25.9. The van der Waals surface area contributed by atoms with Gasteiger partial charge in [-0.15, -0.1) is 0 Å². The van der Waals surface area contributed by atoms with Crippen LogP contribution in [0.5, 0.6) is 11.5 Å². The second-order valence-corrected chi connectivity index (χ2v) is 6.89. The van der Waals surface area contributed by atoms with E-state index in [2.05, 4.69) is 15.7 Å². The third-order valence-electron chi connectivity index (χ3n) is 4.50. The zero-order chi connectivity index (χ0) is 21.0. The van der Waals surface area contributed by atoms with Crippen LogP contribution < -0.4 is 20.1 Å². The average Bonchev–Trinajstić information content (AvgIpc) is 2.95. The molecule has 2 N–H and O–H groups in total. The van der Waals surface area contributed by atoms with Crippen LogP contribution in [0.3, 0.4) is 0 Å². The zero-order valence-corrected chi connectivity index (χ0v) is 17.6. The first kappa shape index (κ1) is 20.6. The van der Waals surface area contributed by atoms with E-state index in [1.54, 1.807) is 32.4 Å². The molecule has 1 aromatic heterocycles. The van der Waals surface area contributed by atoms with E-state index in [9.17, 15) is 4.39 Å². The van der Waals surface area contributed by atoms with Gasteiger partial charge in [-0.1, -0.05) is 12.1 Å². The number of thiocarbonyl (C=S) groups is 1. The van der Waals surface area contributed by atoms with Crippen molar-refractivity contribution in [3.63, 3.8) is 0 Å². The number of hydrogen-bond donors (Lipinski definition) is 2. The second-order valence-electron chi connectivity index (χ2n) is 6.48. The Bertz CT molecular complexity index is 1040. The quantitative estimate of drug-likeness (QED) is 0.579. The molecule has 0 aliphatic rings. The van der Waals surface area contributed by atoms with Gasteiger partial charge >= 0.3 is 0 Å². The van der Waals surface area contributed by atoms with Crippen LogP contribution in [-0.4, -0.2) is 29.1 Å². The summed E-state index contributed by atoms with van der Waals surface area (Å²) in [5.74, 6) is 1.07. The smallest absolute Gasteiger partial charge is 0.175 e. The molecule has 0 aliphatic carbocycles. The molecule has 0 unspecified atom stereocenters. The van der Waals surface area contributed by atoms with E-state index in [1.165, 1.54) is 12.1 Å². The molecule has 0 amide bonds. The molecule has 3 rings (SSSR count). The number of aromatic nitrogens is 2. The highest BCUT2D eigenvalue weighted by Gasteiger charge is 2.14. The Kier molecular flexibility index (Phi) is 6.33. The van der Waals surface area contributed by atoms with Crippen LogP contribution >= 0.6 is 12.2 Å². The largest absolute Gasteiger partial charge is 0.497 e. The Morgan fingerprint density at radius 3 is 2.59 bits per heavy atom. The van der Waals surface area contributed by atoms with Gasteiger partial charge in [-0.05, 0) is 55.9 Å². The number of ether oxygens (including phenoxy) is 2.